The van der Waals surface area contributed by atoms with E-state index in [9.17, 15) is 4.79 Å². The Bertz CT molecular complexity index is 976. The van der Waals surface area contributed by atoms with Crippen molar-refractivity contribution in [3.8, 4) is 5.75 Å². The molecule has 0 N–H and O–H groups in total. The lowest BCUT2D eigenvalue weighted by Gasteiger charge is -2.18. The smallest absolute Gasteiger partial charge is 0.189 e. The molecule has 24 heavy (non-hydrogen) atoms. The fraction of sp³-hybridized carbons (Fsp3) is 0.150. The molecule has 1 aliphatic rings. The second kappa shape index (κ2) is 5.89. The third kappa shape index (κ3) is 2.56. The molecule has 0 aliphatic heterocycles. The van der Waals surface area contributed by atoms with Gasteiger partial charge in [-0.05, 0) is 60.4 Å². The van der Waals surface area contributed by atoms with Gasteiger partial charge in [0.1, 0.15) is 5.75 Å². The van der Waals surface area contributed by atoms with Crippen LogP contribution in [-0.4, -0.2) is 22.9 Å². The average molecular weight is 316 g/mol. The molecule has 0 unspecified atom stereocenters. The first-order valence-electron chi connectivity index (χ1n) is 7.87. The molecule has 0 atom stereocenters. The molecule has 0 saturated heterocycles. The van der Waals surface area contributed by atoms with Crippen LogP contribution in [0.2, 0.25) is 0 Å². The van der Waals surface area contributed by atoms with Crippen LogP contribution >= 0.6 is 0 Å². The minimum absolute atomic E-state index is 0.0955. The lowest BCUT2D eigenvalue weighted by Crippen LogP contribution is -2.14. The van der Waals surface area contributed by atoms with Gasteiger partial charge in [0, 0.05) is 23.5 Å². The van der Waals surface area contributed by atoms with E-state index in [-0.39, 0.29) is 5.78 Å². The number of ketones is 1. The Morgan fingerprint density at radius 1 is 1.00 bits per heavy atom. The van der Waals surface area contributed by atoms with Gasteiger partial charge in [0.05, 0.1) is 18.1 Å². The van der Waals surface area contributed by atoms with Crippen molar-refractivity contribution in [1.29, 1.82) is 0 Å². The van der Waals surface area contributed by atoms with Gasteiger partial charge in [0.2, 0.25) is 0 Å². The molecule has 118 valence electrons. The van der Waals surface area contributed by atoms with Gasteiger partial charge in [-0.2, -0.15) is 0 Å². The standard InChI is InChI=1S/C20H16N2O2/c1-24-16-5-6-17-14(12-16)3-4-15(20(17)23)10-13-2-7-18-19(11-13)22-9-8-21-18/h2,5-12H,3-4H2,1H3. The van der Waals surface area contributed by atoms with Gasteiger partial charge < -0.3 is 4.74 Å². The summed E-state index contributed by atoms with van der Waals surface area (Å²) in [5, 5.41) is 0. The van der Waals surface area contributed by atoms with Gasteiger partial charge in [0.25, 0.3) is 0 Å². The number of aromatic nitrogens is 2. The number of rotatable bonds is 2. The number of Topliss-reactive ketones (excluding diaryl/α,β-unsaturated/α-hetero) is 1. The topological polar surface area (TPSA) is 52.1 Å². The van der Waals surface area contributed by atoms with Crippen molar-refractivity contribution in [2.24, 2.45) is 0 Å². The molecule has 0 radical (unpaired) electrons. The van der Waals surface area contributed by atoms with Crippen molar-refractivity contribution in [2.45, 2.75) is 12.8 Å². The van der Waals surface area contributed by atoms with E-state index in [1.165, 1.54) is 0 Å². The van der Waals surface area contributed by atoms with E-state index in [1.54, 1.807) is 19.5 Å². The number of allylic oxidation sites excluding steroid dienone is 1. The summed E-state index contributed by atoms with van der Waals surface area (Å²) in [5.74, 6) is 0.889. The molecule has 0 spiro atoms. The first-order chi connectivity index (χ1) is 11.7. The Morgan fingerprint density at radius 3 is 2.67 bits per heavy atom. The Balaban J connectivity index is 1.70. The number of fused-ring (bicyclic) bond motifs is 2. The summed E-state index contributed by atoms with van der Waals surface area (Å²) in [6.07, 6.45) is 6.89. The Morgan fingerprint density at radius 2 is 1.83 bits per heavy atom. The van der Waals surface area contributed by atoms with E-state index in [1.807, 2.05) is 42.5 Å². The lowest BCUT2D eigenvalue weighted by molar-refractivity contribution is 0.102. The number of hydrogen-bond acceptors (Lipinski definition) is 4. The van der Waals surface area contributed by atoms with Crippen LogP contribution in [0.25, 0.3) is 17.1 Å². The van der Waals surface area contributed by atoms with E-state index in [0.717, 1.165) is 51.9 Å². The monoisotopic (exact) mass is 316 g/mol. The fourth-order valence-corrected chi connectivity index (χ4v) is 3.09. The van der Waals surface area contributed by atoms with Crippen LogP contribution in [0.5, 0.6) is 5.75 Å². The third-order valence-electron chi connectivity index (χ3n) is 4.35. The minimum Gasteiger partial charge on any atom is -0.497 e. The van der Waals surface area contributed by atoms with E-state index < -0.39 is 0 Å². The summed E-state index contributed by atoms with van der Waals surface area (Å²) in [4.78, 5) is 21.3. The molecule has 4 nitrogen and oxygen atoms in total. The average Bonchev–Trinajstić information content (AvgIpc) is 2.63. The number of benzene rings is 2. The summed E-state index contributed by atoms with van der Waals surface area (Å²) in [7, 11) is 1.64. The zero-order valence-corrected chi connectivity index (χ0v) is 13.3. The first-order valence-corrected chi connectivity index (χ1v) is 7.87. The summed E-state index contributed by atoms with van der Waals surface area (Å²) < 4.78 is 5.24. The minimum atomic E-state index is 0.0955. The number of ether oxygens (including phenoxy) is 1. The van der Waals surface area contributed by atoms with Gasteiger partial charge in [-0.25, -0.2) is 0 Å². The lowest BCUT2D eigenvalue weighted by atomic mass is 9.86. The van der Waals surface area contributed by atoms with Crippen LogP contribution in [0.15, 0.2) is 54.4 Å². The first kappa shape index (κ1) is 14.6. The summed E-state index contributed by atoms with van der Waals surface area (Å²) in [5.41, 5.74) is 5.32. The molecular weight excluding hydrogens is 300 g/mol. The highest BCUT2D eigenvalue weighted by molar-refractivity contribution is 6.13. The molecule has 0 amide bonds. The third-order valence-corrected chi connectivity index (χ3v) is 4.35. The van der Waals surface area contributed by atoms with Crippen molar-refractivity contribution in [2.75, 3.05) is 7.11 Å². The Kier molecular flexibility index (Phi) is 3.58. The number of aryl methyl sites for hydroxylation is 1. The van der Waals surface area contributed by atoms with Crippen molar-refractivity contribution < 1.29 is 9.53 Å². The molecule has 2 aromatic carbocycles. The summed E-state index contributed by atoms with van der Waals surface area (Å²) in [6, 6.07) is 11.5. The molecule has 3 aromatic rings. The SMILES string of the molecule is COc1ccc2c(c1)CCC(=Cc1ccc3nccnc3c1)C2=O. The van der Waals surface area contributed by atoms with Crippen LogP contribution in [-0.2, 0) is 6.42 Å². The van der Waals surface area contributed by atoms with Crippen molar-refractivity contribution in [1.82, 2.24) is 9.97 Å². The van der Waals surface area contributed by atoms with Crippen molar-refractivity contribution in [3.05, 3.63) is 71.1 Å². The number of nitrogens with zero attached hydrogens (tertiary/aromatic N) is 2. The largest absolute Gasteiger partial charge is 0.497 e. The number of hydrogen-bond donors (Lipinski definition) is 0. The van der Waals surface area contributed by atoms with Crippen LogP contribution in [0, 0.1) is 0 Å². The zero-order chi connectivity index (χ0) is 16.5. The maximum Gasteiger partial charge on any atom is 0.189 e. The predicted molar refractivity (Wildman–Crippen MR) is 93.2 cm³/mol. The highest BCUT2D eigenvalue weighted by atomic mass is 16.5. The van der Waals surface area contributed by atoms with Crippen molar-refractivity contribution in [3.63, 3.8) is 0 Å². The summed E-state index contributed by atoms with van der Waals surface area (Å²) >= 11 is 0. The second-order valence-electron chi connectivity index (χ2n) is 5.83. The number of carbonyl (C=O) groups excluding carboxylic acids is 1. The van der Waals surface area contributed by atoms with Gasteiger partial charge >= 0.3 is 0 Å². The fourth-order valence-electron chi connectivity index (χ4n) is 3.09. The predicted octanol–water partition coefficient (Wildman–Crippen LogP) is 3.85. The normalized spacial score (nSPS) is 15.5. The van der Waals surface area contributed by atoms with Gasteiger partial charge in [-0.3, -0.25) is 14.8 Å². The molecule has 1 aliphatic carbocycles. The molecule has 1 aromatic heterocycles. The van der Waals surface area contributed by atoms with Crippen LogP contribution in [0.1, 0.15) is 27.9 Å². The Labute approximate surface area is 139 Å². The van der Waals surface area contributed by atoms with Crippen LogP contribution in [0.4, 0.5) is 0 Å². The van der Waals surface area contributed by atoms with Crippen molar-refractivity contribution >= 4 is 22.9 Å². The maximum atomic E-state index is 12.7. The van der Waals surface area contributed by atoms with Crippen LogP contribution in [0.3, 0.4) is 0 Å². The van der Waals surface area contributed by atoms with Gasteiger partial charge in [0.15, 0.2) is 5.78 Å². The van der Waals surface area contributed by atoms with Gasteiger partial charge in [-0.1, -0.05) is 6.07 Å². The quantitative estimate of drug-likeness (QED) is 0.674. The van der Waals surface area contributed by atoms with E-state index in [2.05, 4.69) is 9.97 Å². The molecule has 0 saturated carbocycles. The highest BCUT2D eigenvalue weighted by Crippen LogP contribution is 2.29. The zero-order valence-electron chi connectivity index (χ0n) is 13.3. The summed E-state index contributed by atoms with van der Waals surface area (Å²) in [6.45, 7) is 0. The molecule has 0 fully saturated rings. The molecule has 4 rings (SSSR count). The molecule has 1 heterocycles. The van der Waals surface area contributed by atoms with E-state index in [4.69, 9.17) is 4.74 Å². The maximum absolute atomic E-state index is 12.7. The molecule has 0 bridgehead atoms. The van der Waals surface area contributed by atoms with E-state index in [0.29, 0.717) is 0 Å². The Hall–Kier alpha value is -3.01. The van der Waals surface area contributed by atoms with Gasteiger partial charge in [-0.15, -0.1) is 0 Å². The molecule has 4 heteroatoms. The highest BCUT2D eigenvalue weighted by Gasteiger charge is 2.22. The molecular formula is C20H16N2O2. The van der Waals surface area contributed by atoms with E-state index >= 15 is 0 Å². The number of methoxy groups -OCH3 is 1. The number of carbonyl (C=O) groups is 1. The van der Waals surface area contributed by atoms with Crippen LogP contribution < -0.4 is 4.74 Å². The second-order valence-corrected chi connectivity index (χ2v) is 5.83.